The minimum atomic E-state index is -0.643. The molecule has 1 aliphatic heterocycles. The molecule has 0 fully saturated rings. The number of benzene rings is 2. The smallest absolute Gasteiger partial charge is 0.347 e. The zero-order chi connectivity index (χ0) is 17.3. The fourth-order valence-corrected chi connectivity index (χ4v) is 2.91. The molecule has 3 rings (SSSR count). The molecule has 2 aromatic rings. The SMILES string of the molecule is C.NC(N)=NC(=O)N1CCc2cccc(-c3c(F)cccc3F)c2C1. The van der Waals surface area contributed by atoms with Crippen molar-refractivity contribution in [1.29, 1.82) is 0 Å². The summed E-state index contributed by atoms with van der Waals surface area (Å²) in [6.07, 6.45) is 0.560. The molecule has 25 heavy (non-hydrogen) atoms. The second kappa shape index (κ2) is 7.29. The zero-order valence-corrected chi connectivity index (χ0v) is 12.8. The summed E-state index contributed by atoms with van der Waals surface area (Å²) in [5.74, 6) is -1.61. The van der Waals surface area contributed by atoms with E-state index in [0.29, 0.717) is 24.1 Å². The Morgan fingerprint density at radius 2 is 1.72 bits per heavy atom. The van der Waals surface area contributed by atoms with E-state index in [2.05, 4.69) is 4.99 Å². The average Bonchev–Trinajstić information content (AvgIpc) is 2.53. The third-order valence-electron chi connectivity index (χ3n) is 4.00. The van der Waals surface area contributed by atoms with Crippen LogP contribution >= 0.6 is 0 Å². The summed E-state index contributed by atoms with van der Waals surface area (Å²) in [6.45, 7) is 0.626. The van der Waals surface area contributed by atoms with E-state index in [4.69, 9.17) is 11.5 Å². The summed E-state index contributed by atoms with van der Waals surface area (Å²) in [5, 5.41) is 0. The number of rotatable bonds is 1. The molecule has 5 nitrogen and oxygen atoms in total. The third-order valence-corrected chi connectivity index (χ3v) is 4.00. The van der Waals surface area contributed by atoms with E-state index >= 15 is 0 Å². The standard InChI is InChI=1S/C17H16F2N4O.CH4/c18-13-5-2-6-14(19)15(13)11-4-1-3-10-7-8-23(9-12(10)11)17(24)22-16(20)21;/h1-6H,7-9H2,(H4,20,21,22,24);1H4. The van der Waals surface area contributed by atoms with Gasteiger partial charge in [0.15, 0.2) is 5.96 Å². The molecule has 0 unspecified atom stereocenters. The number of nitrogens with zero attached hydrogens (tertiary/aromatic N) is 2. The van der Waals surface area contributed by atoms with Crippen molar-refractivity contribution in [2.75, 3.05) is 6.54 Å². The molecule has 7 heteroatoms. The van der Waals surface area contributed by atoms with Crippen LogP contribution in [0.5, 0.6) is 0 Å². The van der Waals surface area contributed by atoms with Gasteiger partial charge in [-0.05, 0) is 35.2 Å². The topological polar surface area (TPSA) is 84.7 Å². The summed E-state index contributed by atoms with van der Waals surface area (Å²) in [4.78, 5) is 17.0. The number of aliphatic imine (C=N–C) groups is 1. The van der Waals surface area contributed by atoms with Gasteiger partial charge in [0, 0.05) is 13.1 Å². The van der Waals surface area contributed by atoms with E-state index in [1.54, 1.807) is 12.1 Å². The van der Waals surface area contributed by atoms with Gasteiger partial charge in [-0.3, -0.25) is 0 Å². The first-order valence-corrected chi connectivity index (χ1v) is 7.41. The lowest BCUT2D eigenvalue weighted by Gasteiger charge is -2.29. The molecular weight excluding hydrogens is 326 g/mol. The molecule has 2 amide bonds. The number of nitrogens with two attached hydrogens (primary N) is 2. The fourth-order valence-electron chi connectivity index (χ4n) is 2.91. The van der Waals surface area contributed by atoms with Gasteiger partial charge in [-0.15, -0.1) is 0 Å². The van der Waals surface area contributed by atoms with E-state index in [9.17, 15) is 13.6 Å². The van der Waals surface area contributed by atoms with E-state index in [1.165, 1.54) is 23.1 Å². The normalized spacial score (nSPS) is 12.8. The Hall–Kier alpha value is -2.96. The Morgan fingerprint density at radius 3 is 2.36 bits per heavy atom. The molecule has 0 radical (unpaired) electrons. The number of urea groups is 1. The third kappa shape index (κ3) is 3.60. The predicted molar refractivity (Wildman–Crippen MR) is 93.8 cm³/mol. The number of amides is 2. The first-order valence-electron chi connectivity index (χ1n) is 7.41. The summed E-state index contributed by atoms with van der Waals surface area (Å²) < 4.78 is 28.3. The van der Waals surface area contributed by atoms with Gasteiger partial charge in [-0.25, -0.2) is 13.6 Å². The molecule has 0 bridgehead atoms. The van der Waals surface area contributed by atoms with Crippen molar-refractivity contribution in [3.05, 3.63) is 59.2 Å². The molecule has 0 aromatic heterocycles. The highest BCUT2D eigenvalue weighted by molar-refractivity contribution is 5.90. The summed E-state index contributed by atoms with van der Waals surface area (Å²) >= 11 is 0. The Morgan fingerprint density at radius 1 is 1.08 bits per heavy atom. The van der Waals surface area contributed by atoms with Gasteiger partial charge in [0.25, 0.3) is 0 Å². The number of fused-ring (bicyclic) bond motifs is 1. The van der Waals surface area contributed by atoms with Crippen molar-refractivity contribution < 1.29 is 13.6 Å². The second-order valence-corrected chi connectivity index (χ2v) is 5.53. The number of halogens is 2. The monoisotopic (exact) mass is 346 g/mol. The molecule has 1 heterocycles. The summed E-state index contributed by atoms with van der Waals surface area (Å²) in [7, 11) is 0. The molecule has 2 aromatic carbocycles. The van der Waals surface area contributed by atoms with Crippen LogP contribution in [-0.4, -0.2) is 23.4 Å². The van der Waals surface area contributed by atoms with Crippen molar-refractivity contribution in [3.8, 4) is 11.1 Å². The Labute approximate surface area is 145 Å². The lowest BCUT2D eigenvalue weighted by molar-refractivity contribution is 0.203. The highest BCUT2D eigenvalue weighted by Gasteiger charge is 2.25. The van der Waals surface area contributed by atoms with Crippen LogP contribution in [0.15, 0.2) is 41.4 Å². The molecular formula is C18H20F2N4O. The van der Waals surface area contributed by atoms with Crippen molar-refractivity contribution in [2.45, 2.75) is 20.4 Å². The highest BCUT2D eigenvalue weighted by Crippen LogP contribution is 2.33. The van der Waals surface area contributed by atoms with Crippen molar-refractivity contribution in [3.63, 3.8) is 0 Å². The van der Waals surface area contributed by atoms with Crippen LogP contribution in [0.4, 0.5) is 13.6 Å². The van der Waals surface area contributed by atoms with E-state index < -0.39 is 17.7 Å². The van der Waals surface area contributed by atoms with Crippen molar-refractivity contribution in [2.24, 2.45) is 16.5 Å². The summed E-state index contributed by atoms with van der Waals surface area (Å²) in [5.41, 5.74) is 12.5. The predicted octanol–water partition coefficient (Wildman–Crippen LogP) is 3.02. The average molecular weight is 346 g/mol. The number of carbonyl (C=O) groups is 1. The molecule has 0 saturated carbocycles. The molecule has 4 N–H and O–H groups in total. The van der Waals surface area contributed by atoms with Gasteiger partial charge in [0.2, 0.25) is 0 Å². The molecule has 1 aliphatic rings. The van der Waals surface area contributed by atoms with Crippen molar-refractivity contribution >= 4 is 12.0 Å². The molecule has 132 valence electrons. The number of hydrogen-bond acceptors (Lipinski definition) is 1. The largest absolute Gasteiger partial charge is 0.370 e. The second-order valence-electron chi connectivity index (χ2n) is 5.53. The maximum atomic E-state index is 14.2. The van der Waals surface area contributed by atoms with Crippen LogP contribution in [0.1, 0.15) is 18.6 Å². The minimum Gasteiger partial charge on any atom is -0.370 e. The van der Waals surface area contributed by atoms with Gasteiger partial charge in [0.1, 0.15) is 11.6 Å². The fraction of sp³-hybridized carbons (Fsp3) is 0.222. The first kappa shape index (κ1) is 18.4. The van der Waals surface area contributed by atoms with Crippen molar-refractivity contribution in [1.82, 2.24) is 4.90 Å². The number of carbonyl (C=O) groups excluding carboxylic acids is 1. The Kier molecular flexibility index (Phi) is 5.36. The van der Waals surface area contributed by atoms with Crippen LogP contribution in [0.3, 0.4) is 0 Å². The highest BCUT2D eigenvalue weighted by atomic mass is 19.1. The molecule has 0 spiro atoms. The van der Waals surface area contributed by atoms with Crippen LogP contribution in [-0.2, 0) is 13.0 Å². The zero-order valence-electron chi connectivity index (χ0n) is 12.8. The van der Waals surface area contributed by atoms with Crippen LogP contribution in [0.25, 0.3) is 11.1 Å². The van der Waals surface area contributed by atoms with Gasteiger partial charge in [-0.2, -0.15) is 4.99 Å². The van der Waals surface area contributed by atoms with Crippen LogP contribution in [0.2, 0.25) is 0 Å². The van der Waals surface area contributed by atoms with E-state index in [1.807, 2.05) is 6.07 Å². The molecule has 0 atom stereocenters. The quantitative estimate of drug-likeness (QED) is 0.615. The Balaban J connectivity index is 0.00000225. The summed E-state index contributed by atoms with van der Waals surface area (Å²) in [6, 6.07) is 8.47. The Bertz CT molecular complexity index is 812. The van der Waals surface area contributed by atoms with E-state index in [0.717, 1.165) is 5.56 Å². The van der Waals surface area contributed by atoms with Gasteiger partial charge >= 0.3 is 6.03 Å². The number of hydrogen-bond donors (Lipinski definition) is 2. The van der Waals surface area contributed by atoms with Crippen LogP contribution in [0, 0.1) is 11.6 Å². The van der Waals surface area contributed by atoms with Gasteiger partial charge in [-0.1, -0.05) is 31.7 Å². The first-order chi connectivity index (χ1) is 11.5. The maximum absolute atomic E-state index is 14.2. The molecule has 0 saturated heterocycles. The lowest BCUT2D eigenvalue weighted by Crippen LogP contribution is -2.36. The lowest BCUT2D eigenvalue weighted by atomic mass is 9.91. The van der Waals surface area contributed by atoms with Crippen LogP contribution < -0.4 is 11.5 Å². The van der Waals surface area contributed by atoms with Gasteiger partial charge < -0.3 is 16.4 Å². The number of guanidine groups is 1. The minimum absolute atomic E-state index is 0. The maximum Gasteiger partial charge on any atom is 0.347 e. The molecule has 0 aliphatic carbocycles. The van der Waals surface area contributed by atoms with E-state index in [-0.39, 0.29) is 25.5 Å². The van der Waals surface area contributed by atoms with Gasteiger partial charge in [0.05, 0.1) is 5.56 Å².